The van der Waals surface area contributed by atoms with Crippen molar-refractivity contribution in [1.82, 2.24) is 15.8 Å². The number of allylic oxidation sites excluding steroid dienone is 1. The molecule has 7 nitrogen and oxygen atoms in total. The van der Waals surface area contributed by atoms with E-state index in [9.17, 15) is 9.59 Å². The summed E-state index contributed by atoms with van der Waals surface area (Å²) in [5, 5.41) is 7.20. The number of guanidine groups is 1. The Kier molecular flexibility index (Phi) is 4.01. The predicted octanol–water partition coefficient (Wildman–Crippen LogP) is 1.56. The number of hydrogen-bond donors (Lipinski definition) is 3. The molecule has 1 saturated heterocycles. The molecular weight excluding hydrogens is 306 g/mol. The minimum atomic E-state index is -0.657. The van der Waals surface area contributed by atoms with E-state index in [1.54, 1.807) is 5.01 Å². The van der Waals surface area contributed by atoms with Crippen molar-refractivity contribution in [2.24, 2.45) is 4.99 Å². The maximum Gasteiger partial charge on any atom is 0.249 e. The highest BCUT2D eigenvalue weighted by Gasteiger charge is 2.39. The van der Waals surface area contributed by atoms with Crippen LogP contribution in [0.1, 0.15) is 31.4 Å². The molecule has 3 rings (SSSR count). The van der Waals surface area contributed by atoms with Crippen LogP contribution in [-0.2, 0) is 9.59 Å². The Morgan fingerprint density at radius 2 is 1.92 bits per heavy atom. The van der Waals surface area contributed by atoms with Gasteiger partial charge in [0.25, 0.3) is 0 Å². The summed E-state index contributed by atoms with van der Waals surface area (Å²) in [5.74, 6) is 0.548. The highest BCUT2D eigenvalue weighted by atomic mass is 16.2. The van der Waals surface area contributed by atoms with Gasteiger partial charge in [-0.25, -0.2) is 5.01 Å². The van der Waals surface area contributed by atoms with E-state index in [-0.39, 0.29) is 18.2 Å². The third kappa shape index (κ3) is 3.10. The molecule has 3 N–H and O–H groups in total. The zero-order chi connectivity index (χ0) is 17.4. The first-order valence-corrected chi connectivity index (χ1v) is 7.84. The van der Waals surface area contributed by atoms with Crippen molar-refractivity contribution < 1.29 is 9.59 Å². The number of amides is 2. The Hall–Kier alpha value is -2.83. The maximum atomic E-state index is 12.7. The van der Waals surface area contributed by atoms with E-state index < -0.39 is 6.04 Å². The van der Waals surface area contributed by atoms with Crippen molar-refractivity contribution in [2.75, 3.05) is 5.32 Å². The Balaban J connectivity index is 1.82. The smallest absolute Gasteiger partial charge is 0.249 e. The van der Waals surface area contributed by atoms with Gasteiger partial charge in [-0.05, 0) is 56.5 Å². The number of carbonyl (C=O) groups excluding carboxylic acids is 2. The van der Waals surface area contributed by atoms with E-state index in [2.05, 4.69) is 21.1 Å². The molecule has 1 unspecified atom stereocenters. The summed E-state index contributed by atoms with van der Waals surface area (Å²) in [6, 6.07) is 5.19. The molecule has 0 radical (unpaired) electrons. The zero-order valence-corrected chi connectivity index (χ0v) is 14.2. The van der Waals surface area contributed by atoms with Crippen LogP contribution in [0.3, 0.4) is 0 Å². The molecular formula is C17H21N5O2. The number of nitrogens with one attached hydrogen (secondary N) is 3. The lowest BCUT2D eigenvalue weighted by Gasteiger charge is -2.32. The molecule has 0 aromatic heterocycles. The molecule has 1 aromatic rings. The minimum Gasteiger partial charge on any atom is -0.324 e. The second kappa shape index (κ2) is 5.99. The molecule has 2 heterocycles. The standard InChI is InChI=1S/C17H21N5O2/c1-9(2)15-20-17-19-14(23)8-13(22(17)21-15)16(24)18-12-6-10(3)5-11(4)7-12/h5-7,13,21H,8H2,1-4H3,(H,18,24)(H,19,20,23). The Bertz CT molecular complexity index is 757. The molecule has 0 spiro atoms. The fourth-order valence-electron chi connectivity index (χ4n) is 2.81. The maximum absolute atomic E-state index is 12.7. The molecule has 2 aliphatic heterocycles. The van der Waals surface area contributed by atoms with E-state index in [1.165, 1.54) is 0 Å². The number of anilines is 1. The number of aryl methyl sites for hydroxylation is 2. The topological polar surface area (TPSA) is 85.8 Å². The van der Waals surface area contributed by atoms with Crippen molar-refractivity contribution in [3.63, 3.8) is 0 Å². The Morgan fingerprint density at radius 1 is 1.25 bits per heavy atom. The molecule has 24 heavy (non-hydrogen) atoms. The number of hydrazine groups is 1. The van der Waals surface area contributed by atoms with Crippen LogP contribution in [0.15, 0.2) is 34.6 Å². The summed E-state index contributed by atoms with van der Waals surface area (Å²) in [6.07, 6.45) is 0.0681. The first-order valence-electron chi connectivity index (χ1n) is 7.84. The van der Waals surface area contributed by atoms with Gasteiger partial charge in [0.2, 0.25) is 17.8 Å². The van der Waals surface area contributed by atoms with Crippen LogP contribution in [0.25, 0.3) is 0 Å². The lowest BCUT2D eigenvalue weighted by molar-refractivity contribution is -0.129. The number of rotatable bonds is 2. The van der Waals surface area contributed by atoms with Gasteiger partial charge in [-0.15, -0.1) is 0 Å². The van der Waals surface area contributed by atoms with Crippen molar-refractivity contribution in [3.8, 4) is 0 Å². The molecule has 1 aromatic carbocycles. The van der Waals surface area contributed by atoms with Gasteiger partial charge < -0.3 is 5.32 Å². The monoisotopic (exact) mass is 327 g/mol. The van der Waals surface area contributed by atoms with Crippen molar-refractivity contribution in [3.05, 3.63) is 40.7 Å². The van der Waals surface area contributed by atoms with Gasteiger partial charge in [-0.1, -0.05) is 6.07 Å². The minimum absolute atomic E-state index is 0.0681. The number of aliphatic imine (C=N–C) groups is 1. The van der Waals surface area contributed by atoms with Crippen molar-refractivity contribution >= 4 is 23.5 Å². The van der Waals surface area contributed by atoms with Crippen LogP contribution in [0, 0.1) is 13.8 Å². The van der Waals surface area contributed by atoms with E-state index in [4.69, 9.17) is 0 Å². The zero-order valence-electron chi connectivity index (χ0n) is 14.2. The second-order valence-electron chi connectivity index (χ2n) is 6.40. The predicted molar refractivity (Wildman–Crippen MR) is 91.9 cm³/mol. The lowest BCUT2D eigenvalue weighted by atomic mass is 10.1. The summed E-state index contributed by atoms with van der Waals surface area (Å²) < 4.78 is 0. The summed E-state index contributed by atoms with van der Waals surface area (Å²) in [5.41, 5.74) is 6.92. The first kappa shape index (κ1) is 16.0. The highest BCUT2D eigenvalue weighted by Crippen LogP contribution is 2.20. The number of nitrogens with zero attached hydrogens (tertiary/aromatic N) is 2. The normalized spacial score (nSPS) is 19.2. The van der Waals surface area contributed by atoms with Crippen LogP contribution in [0.2, 0.25) is 0 Å². The SMILES string of the molecule is CC(C)=C1N=C2NC(=O)CC(C(=O)Nc3cc(C)cc(C)c3)N2N1. The van der Waals surface area contributed by atoms with Gasteiger partial charge in [-0.3, -0.25) is 20.3 Å². The third-order valence-electron chi connectivity index (χ3n) is 3.88. The van der Waals surface area contributed by atoms with Gasteiger partial charge in [0, 0.05) is 5.69 Å². The van der Waals surface area contributed by atoms with Crippen LogP contribution >= 0.6 is 0 Å². The third-order valence-corrected chi connectivity index (χ3v) is 3.88. The molecule has 1 fully saturated rings. The fraction of sp³-hybridized carbons (Fsp3) is 0.353. The molecule has 7 heteroatoms. The molecule has 126 valence electrons. The Labute approximate surface area is 140 Å². The van der Waals surface area contributed by atoms with E-state index in [1.807, 2.05) is 45.9 Å². The van der Waals surface area contributed by atoms with Crippen molar-refractivity contribution in [2.45, 2.75) is 40.2 Å². The number of fused-ring (bicyclic) bond motifs is 1. The van der Waals surface area contributed by atoms with E-state index in [0.29, 0.717) is 11.8 Å². The van der Waals surface area contributed by atoms with Gasteiger partial charge in [0.15, 0.2) is 0 Å². The first-order chi connectivity index (χ1) is 11.3. The summed E-state index contributed by atoms with van der Waals surface area (Å²) in [6.45, 7) is 7.78. The van der Waals surface area contributed by atoms with Crippen LogP contribution in [-0.4, -0.2) is 28.8 Å². The average molecular weight is 327 g/mol. The fourth-order valence-corrected chi connectivity index (χ4v) is 2.81. The number of carbonyl (C=O) groups is 2. The Morgan fingerprint density at radius 3 is 2.54 bits per heavy atom. The van der Waals surface area contributed by atoms with Gasteiger partial charge in [0.05, 0.1) is 6.42 Å². The molecule has 2 aliphatic rings. The van der Waals surface area contributed by atoms with Gasteiger partial charge in [0.1, 0.15) is 11.9 Å². The lowest BCUT2D eigenvalue weighted by Crippen LogP contribution is -2.61. The molecule has 0 aliphatic carbocycles. The summed E-state index contributed by atoms with van der Waals surface area (Å²) in [7, 11) is 0. The highest BCUT2D eigenvalue weighted by molar-refractivity contribution is 6.07. The number of hydrogen-bond acceptors (Lipinski definition) is 5. The summed E-state index contributed by atoms with van der Waals surface area (Å²) in [4.78, 5) is 29.0. The van der Waals surface area contributed by atoms with E-state index in [0.717, 1.165) is 22.4 Å². The van der Waals surface area contributed by atoms with Gasteiger partial charge in [-0.2, -0.15) is 4.99 Å². The molecule has 0 bridgehead atoms. The second-order valence-corrected chi connectivity index (χ2v) is 6.40. The summed E-state index contributed by atoms with van der Waals surface area (Å²) >= 11 is 0. The quantitative estimate of drug-likeness (QED) is 0.769. The number of benzene rings is 1. The van der Waals surface area contributed by atoms with E-state index >= 15 is 0 Å². The average Bonchev–Trinajstić information content (AvgIpc) is 2.89. The molecule has 0 saturated carbocycles. The molecule has 2 amide bonds. The van der Waals surface area contributed by atoms with Gasteiger partial charge >= 0.3 is 0 Å². The largest absolute Gasteiger partial charge is 0.324 e. The van der Waals surface area contributed by atoms with Crippen LogP contribution < -0.4 is 16.1 Å². The van der Waals surface area contributed by atoms with Crippen LogP contribution in [0.5, 0.6) is 0 Å². The van der Waals surface area contributed by atoms with Crippen LogP contribution in [0.4, 0.5) is 5.69 Å². The molecule has 1 atom stereocenters. The van der Waals surface area contributed by atoms with Crippen molar-refractivity contribution in [1.29, 1.82) is 0 Å².